The Morgan fingerprint density at radius 2 is 1.90 bits per heavy atom. The molecule has 116 valence electrons. The van der Waals surface area contributed by atoms with E-state index in [2.05, 4.69) is 21.2 Å². The number of anilines is 1. The van der Waals surface area contributed by atoms with Crippen molar-refractivity contribution in [2.24, 2.45) is 11.1 Å². The highest BCUT2D eigenvalue weighted by Crippen LogP contribution is 2.30. The SMILES string of the molecule is Cc1cc(NC(=O)C2CCCCC2)c(Br)cc1S(N)(=O)=O. The molecule has 1 amide bonds. The normalized spacial score (nSPS) is 16.7. The minimum Gasteiger partial charge on any atom is -0.325 e. The second kappa shape index (κ2) is 6.46. The zero-order valence-corrected chi connectivity index (χ0v) is 14.3. The topological polar surface area (TPSA) is 89.3 Å². The Morgan fingerprint density at radius 3 is 2.48 bits per heavy atom. The molecular weight excluding hydrogens is 356 g/mol. The van der Waals surface area contributed by atoms with E-state index < -0.39 is 10.0 Å². The molecule has 1 saturated carbocycles. The van der Waals surface area contributed by atoms with E-state index in [1.54, 1.807) is 13.0 Å². The summed E-state index contributed by atoms with van der Waals surface area (Å²) < 4.78 is 23.4. The maximum atomic E-state index is 12.2. The average Bonchev–Trinajstić information content (AvgIpc) is 2.42. The van der Waals surface area contributed by atoms with Gasteiger partial charge in [-0.05, 0) is 53.4 Å². The maximum absolute atomic E-state index is 12.2. The second-order valence-corrected chi connectivity index (χ2v) is 7.85. The Hall–Kier alpha value is -0.920. The van der Waals surface area contributed by atoms with E-state index in [0.29, 0.717) is 15.7 Å². The standard InChI is InChI=1S/C14H19BrN2O3S/c1-9-7-12(11(15)8-13(9)21(16,19)20)17-14(18)10-5-3-2-4-6-10/h7-8,10H,2-6H2,1H3,(H,17,18)(H2,16,19,20). The van der Waals surface area contributed by atoms with Crippen molar-refractivity contribution < 1.29 is 13.2 Å². The molecule has 1 aromatic carbocycles. The Balaban J connectivity index is 2.21. The Labute approximate surface area is 133 Å². The summed E-state index contributed by atoms with van der Waals surface area (Å²) in [5.74, 6) is 0.0435. The number of carbonyl (C=O) groups is 1. The lowest BCUT2D eigenvalue weighted by Crippen LogP contribution is -2.25. The number of hydrogen-bond acceptors (Lipinski definition) is 3. The first-order chi connectivity index (χ1) is 9.79. The third-order valence-electron chi connectivity index (χ3n) is 3.80. The minimum absolute atomic E-state index is 0.00171. The number of aryl methyl sites for hydroxylation is 1. The fourth-order valence-corrected chi connectivity index (χ4v) is 4.05. The van der Waals surface area contributed by atoms with Crippen LogP contribution in [-0.4, -0.2) is 14.3 Å². The molecule has 0 heterocycles. The van der Waals surface area contributed by atoms with Gasteiger partial charge >= 0.3 is 0 Å². The van der Waals surface area contributed by atoms with E-state index in [1.807, 2.05) is 0 Å². The molecule has 1 aliphatic rings. The highest BCUT2D eigenvalue weighted by molar-refractivity contribution is 9.10. The van der Waals surface area contributed by atoms with Crippen LogP contribution in [0.2, 0.25) is 0 Å². The number of sulfonamides is 1. The van der Waals surface area contributed by atoms with Crippen molar-refractivity contribution in [1.29, 1.82) is 0 Å². The molecule has 0 aromatic heterocycles. The first-order valence-electron chi connectivity index (χ1n) is 6.93. The van der Waals surface area contributed by atoms with Gasteiger partial charge in [-0.1, -0.05) is 19.3 Å². The number of nitrogens with one attached hydrogen (secondary N) is 1. The monoisotopic (exact) mass is 374 g/mol. The largest absolute Gasteiger partial charge is 0.325 e. The molecule has 0 bridgehead atoms. The number of primary sulfonamides is 1. The zero-order chi connectivity index (χ0) is 15.6. The summed E-state index contributed by atoms with van der Waals surface area (Å²) in [5, 5.41) is 8.04. The van der Waals surface area contributed by atoms with Crippen molar-refractivity contribution in [3.05, 3.63) is 22.2 Å². The fourth-order valence-electron chi connectivity index (χ4n) is 2.67. The Bertz CT molecular complexity index is 652. The van der Waals surface area contributed by atoms with Gasteiger partial charge in [-0.25, -0.2) is 13.6 Å². The van der Waals surface area contributed by atoms with Crippen molar-refractivity contribution in [3.63, 3.8) is 0 Å². The van der Waals surface area contributed by atoms with Gasteiger partial charge in [0.15, 0.2) is 0 Å². The average molecular weight is 375 g/mol. The minimum atomic E-state index is -3.76. The smallest absolute Gasteiger partial charge is 0.238 e. The van der Waals surface area contributed by atoms with E-state index in [9.17, 15) is 13.2 Å². The van der Waals surface area contributed by atoms with Gasteiger partial charge in [0, 0.05) is 10.4 Å². The van der Waals surface area contributed by atoms with Crippen LogP contribution in [0.25, 0.3) is 0 Å². The van der Waals surface area contributed by atoms with Gasteiger partial charge in [-0.2, -0.15) is 0 Å². The fraction of sp³-hybridized carbons (Fsp3) is 0.500. The first-order valence-corrected chi connectivity index (χ1v) is 9.27. The molecule has 3 N–H and O–H groups in total. The summed E-state index contributed by atoms with van der Waals surface area (Å²) in [5.41, 5.74) is 1.09. The molecule has 21 heavy (non-hydrogen) atoms. The van der Waals surface area contributed by atoms with Crippen molar-refractivity contribution >= 4 is 37.5 Å². The third kappa shape index (κ3) is 4.05. The Morgan fingerprint density at radius 1 is 1.29 bits per heavy atom. The molecule has 7 heteroatoms. The number of amides is 1. The van der Waals surface area contributed by atoms with E-state index in [4.69, 9.17) is 5.14 Å². The second-order valence-electron chi connectivity index (χ2n) is 5.47. The predicted molar refractivity (Wildman–Crippen MR) is 85.5 cm³/mol. The van der Waals surface area contributed by atoms with Crippen molar-refractivity contribution in [2.45, 2.75) is 43.9 Å². The third-order valence-corrected chi connectivity index (χ3v) is 5.51. The molecular formula is C14H19BrN2O3S. The molecule has 1 aliphatic carbocycles. The van der Waals surface area contributed by atoms with Crippen molar-refractivity contribution in [1.82, 2.24) is 0 Å². The lowest BCUT2D eigenvalue weighted by molar-refractivity contribution is -0.120. The van der Waals surface area contributed by atoms with E-state index in [-0.39, 0.29) is 16.7 Å². The highest BCUT2D eigenvalue weighted by Gasteiger charge is 2.22. The molecule has 1 fully saturated rings. The lowest BCUT2D eigenvalue weighted by atomic mass is 9.88. The van der Waals surface area contributed by atoms with Gasteiger partial charge in [0.1, 0.15) is 0 Å². The molecule has 0 spiro atoms. The molecule has 0 saturated heterocycles. The van der Waals surface area contributed by atoms with Crippen LogP contribution < -0.4 is 10.5 Å². The van der Waals surface area contributed by atoms with Gasteiger partial charge in [-0.15, -0.1) is 0 Å². The number of carbonyl (C=O) groups excluding carboxylic acids is 1. The zero-order valence-electron chi connectivity index (χ0n) is 11.9. The lowest BCUT2D eigenvalue weighted by Gasteiger charge is -2.21. The number of nitrogens with two attached hydrogens (primary N) is 1. The van der Waals surface area contributed by atoms with Crippen LogP contribution in [0.5, 0.6) is 0 Å². The summed E-state index contributed by atoms with van der Waals surface area (Å²) in [7, 11) is -3.76. The molecule has 0 aliphatic heterocycles. The van der Waals surface area contributed by atoms with E-state index in [0.717, 1.165) is 25.7 Å². The summed E-state index contributed by atoms with van der Waals surface area (Å²) in [4.78, 5) is 12.3. The number of hydrogen-bond donors (Lipinski definition) is 2. The molecule has 1 aromatic rings. The molecule has 0 atom stereocenters. The van der Waals surface area contributed by atoms with Crippen molar-refractivity contribution in [3.8, 4) is 0 Å². The van der Waals surface area contributed by atoms with Crippen LogP contribution in [0.1, 0.15) is 37.7 Å². The van der Waals surface area contributed by atoms with Crippen LogP contribution in [0.3, 0.4) is 0 Å². The van der Waals surface area contributed by atoms with Crippen LogP contribution in [0.15, 0.2) is 21.5 Å². The number of benzene rings is 1. The molecule has 0 unspecified atom stereocenters. The van der Waals surface area contributed by atoms with Gasteiger partial charge in [0.25, 0.3) is 0 Å². The number of halogens is 1. The van der Waals surface area contributed by atoms with E-state index in [1.165, 1.54) is 12.5 Å². The maximum Gasteiger partial charge on any atom is 0.238 e. The quantitative estimate of drug-likeness (QED) is 0.851. The molecule has 2 rings (SSSR count). The summed E-state index contributed by atoms with van der Waals surface area (Å²) in [6.07, 6.45) is 5.19. The van der Waals surface area contributed by atoms with Crippen LogP contribution >= 0.6 is 15.9 Å². The van der Waals surface area contributed by atoms with Gasteiger partial charge in [-0.3, -0.25) is 4.79 Å². The van der Waals surface area contributed by atoms with Crippen LogP contribution in [-0.2, 0) is 14.8 Å². The summed E-state index contributed by atoms with van der Waals surface area (Å²) in [6.45, 7) is 1.66. The highest BCUT2D eigenvalue weighted by atomic mass is 79.9. The van der Waals surface area contributed by atoms with Crippen molar-refractivity contribution in [2.75, 3.05) is 5.32 Å². The summed E-state index contributed by atoms with van der Waals surface area (Å²) >= 11 is 3.29. The van der Waals surface area contributed by atoms with E-state index >= 15 is 0 Å². The Kier molecular flexibility index (Phi) is 5.06. The van der Waals surface area contributed by atoms with Gasteiger partial charge < -0.3 is 5.32 Å². The van der Waals surface area contributed by atoms with Crippen LogP contribution in [0.4, 0.5) is 5.69 Å². The van der Waals surface area contributed by atoms with Gasteiger partial charge in [0.2, 0.25) is 15.9 Å². The summed E-state index contributed by atoms with van der Waals surface area (Å²) in [6, 6.07) is 3.06. The first kappa shape index (κ1) is 16.5. The van der Waals surface area contributed by atoms with Crippen LogP contribution in [0, 0.1) is 12.8 Å². The predicted octanol–water partition coefficient (Wildman–Crippen LogP) is 2.92. The molecule has 5 nitrogen and oxygen atoms in total. The number of rotatable bonds is 3. The van der Waals surface area contributed by atoms with Gasteiger partial charge in [0.05, 0.1) is 10.6 Å². The molecule has 0 radical (unpaired) electrons.